The highest BCUT2D eigenvalue weighted by Crippen LogP contribution is 2.33. The fourth-order valence-electron chi connectivity index (χ4n) is 4.45. The SMILES string of the molecule is CCC(=O)Nc1cc(Nc2cc(NC3CC3)n3ncc(C#N)c3n2)ccc1N1CCCC(NC)C1. The minimum Gasteiger partial charge on any atom is -0.368 e. The van der Waals surface area contributed by atoms with Gasteiger partial charge in [-0.3, -0.25) is 4.79 Å². The van der Waals surface area contributed by atoms with Crippen molar-refractivity contribution >= 4 is 40.3 Å². The molecule has 182 valence electrons. The zero-order valence-corrected chi connectivity index (χ0v) is 20.1. The smallest absolute Gasteiger partial charge is 0.224 e. The van der Waals surface area contributed by atoms with Gasteiger partial charge in [-0.2, -0.15) is 14.9 Å². The molecule has 4 N–H and O–H groups in total. The van der Waals surface area contributed by atoms with Gasteiger partial charge in [-0.05, 0) is 50.9 Å². The number of anilines is 5. The molecule has 3 aromatic rings. The van der Waals surface area contributed by atoms with Crippen LogP contribution in [0.4, 0.5) is 28.7 Å². The molecule has 0 bridgehead atoms. The van der Waals surface area contributed by atoms with Crippen LogP contribution in [0.25, 0.3) is 5.65 Å². The number of carbonyl (C=O) groups excluding carboxylic acids is 1. The Bertz CT molecular complexity index is 1270. The third-order valence-corrected chi connectivity index (χ3v) is 6.56. The number of aromatic nitrogens is 3. The summed E-state index contributed by atoms with van der Waals surface area (Å²) in [6.07, 6.45) is 6.42. The minimum atomic E-state index is -0.0287. The highest BCUT2D eigenvalue weighted by Gasteiger charge is 2.24. The zero-order chi connectivity index (χ0) is 24.4. The van der Waals surface area contributed by atoms with E-state index in [0.29, 0.717) is 35.5 Å². The summed E-state index contributed by atoms with van der Waals surface area (Å²) in [6, 6.07) is 10.9. The second kappa shape index (κ2) is 9.80. The van der Waals surface area contributed by atoms with Crippen molar-refractivity contribution in [2.75, 3.05) is 41.0 Å². The first-order valence-electron chi connectivity index (χ1n) is 12.3. The van der Waals surface area contributed by atoms with Crippen LogP contribution in [0.2, 0.25) is 0 Å². The Hall–Kier alpha value is -3.84. The molecule has 10 nitrogen and oxygen atoms in total. The van der Waals surface area contributed by atoms with E-state index in [1.54, 1.807) is 4.52 Å². The maximum atomic E-state index is 12.3. The van der Waals surface area contributed by atoms with Crippen molar-refractivity contribution in [1.82, 2.24) is 19.9 Å². The van der Waals surface area contributed by atoms with E-state index in [9.17, 15) is 10.1 Å². The number of nitrogens with zero attached hydrogens (tertiary/aromatic N) is 5. The number of piperidine rings is 1. The molecule has 2 fully saturated rings. The fourth-order valence-corrected chi connectivity index (χ4v) is 4.45. The van der Waals surface area contributed by atoms with Crippen LogP contribution in [0.15, 0.2) is 30.5 Å². The average Bonchev–Trinajstić information content (AvgIpc) is 3.60. The highest BCUT2D eigenvalue weighted by molar-refractivity contribution is 5.95. The molecule has 1 atom stereocenters. The second-order valence-corrected chi connectivity index (χ2v) is 9.18. The molecule has 10 heteroatoms. The molecule has 0 spiro atoms. The van der Waals surface area contributed by atoms with Crippen LogP contribution in [-0.2, 0) is 4.79 Å². The number of carbonyl (C=O) groups is 1. The molecule has 35 heavy (non-hydrogen) atoms. The quantitative estimate of drug-likeness (QED) is 0.392. The lowest BCUT2D eigenvalue weighted by Gasteiger charge is -2.35. The summed E-state index contributed by atoms with van der Waals surface area (Å²) in [5, 5.41) is 27.1. The van der Waals surface area contributed by atoms with Gasteiger partial charge in [-0.15, -0.1) is 0 Å². The van der Waals surface area contributed by atoms with Gasteiger partial charge in [-0.1, -0.05) is 6.92 Å². The van der Waals surface area contributed by atoms with Gasteiger partial charge >= 0.3 is 0 Å². The monoisotopic (exact) mass is 473 g/mol. The Balaban J connectivity index is 1.47. The third-order valence-electron chi connectivity index (χ3n) is 6.56. The predicted molar refractivity (Wildman–Crippen MR) is 137 cm³/mol. The molecular formula is C25H31N9O. The molecule has 1 saturated heterocycles. The Kier molecular flexibility index (Phi) is 6.42. The molecule has 1 amide bonds. The molecule has 1 aromatic carbocycles. The Morgan fingerprint density at radius 2 is 2.09 bits per heavy atom. The normalized spacial score (nSPS) is 17.7. The van der Waals surface area contributed by atoms with Gasteiger partial charge in [0.15, 0.2) is 5.65 Å². The van der Waals surface area contributed by atoms with Crippen LogP contribution >= 0.6 is 0 Å². The maximum Gasteiger partial charge on any atom is 0.224 e. The third kappa shape index (κ3) is 5.00. The van der Waals surface area contributed by atoms with Gasteiger partial charge in [0.2, 0.25) is 5.91 Å². The summed E-state index contributed by atoms with van der Waals surface area (Å²) in [7, 11) is 2.00. The Morgan fingerprint density at radius 1 is 1.23 bits per heavy atom. The zero-order valence-electron chi connectivity index (χ0n) is 20.1. The number of rotatable bonds is 8. The van der Waals surface area contributed by atoms with E-state index in [0.717, 1.165) is 61.7 Å². The summed E-state index contributed by atoms with van der Waals surface area (Å²) < 4.78 is 1.67. The molecule has 2 aliphatic rings. The van der Waals surface area contributed by atoms with Crippen LogP contribution in [0.3, 0.4) is 0 Å². The lowest BCUT2D eigenvalue weighted by atomic mass is 10.0. The van der Waals surface area contributed by atoms with Crippen LogP contribution in [0.5, 0.6) is 0 Å². The molecule has 3 heterocycles. The number of fused-ring (bicyclic) bond motifs is 1. The van der Waals surface area contributed by atoms with Gasteiger partial charge in [0.05, 0.1) is 17.6 Å². The van der Waals surface area contributed by atoms with Gasteiger partial charge in [-0.25, -0.2) is 4.98 Å². The molecular weight excluding hydrogens is 442 g/mol. The summed E-state index contributed by atoms with van der Waals surface area (Å²) >= 11 is 0. The van der Waals surface area contributed by atoms with Gasteiger partial charge in [0.1, 0.15) is 23.3 Å². The van der Waals surface area contributed by atoms with Crippen molar-refractivity contribution in [3.8, 4) is 6.07 Å². The molecule has 2 aromatic heterocycles. The van der Waals surface area contributed by atoms with E-state index in [-0.39, 0.29) is 5.91 Å². The summed E-state index contributed by atoms with van der Waals surface area (Å²) in [5.41, 5.74) is 3.51. The van der Waals surface area contributed by atoms with Crippen molar-refractivity contribution in [2.45, 2.75) is 51.1 Å². The van der Waals surface area contributed by atoms with Crippen molar-refractivity contribution in [2.24, 2.45) is 0 Å². The molecule has 1 aliphatic heterocycles. The van der Waals surface area contributed by atoms with Crippen molar-refractivity contribution in [3.05, 3.63) is 36.0 Å². The Morgan fingerprint density at radius 3 is 2.83 bits per heavy atom. The van der Waals surface area contributed by atoms with Crippen molar-refractivity contribution in [1.29, 1.82) is 5.26 Å². The minimum absolute atomic E-state index is 0.0287. The number of amides is 1. The highest BCUT2D eigenvalue weighted by atomic mass is 16.1. The number of benzene rings is 1. The topological polar surface area (TPSA) is 122 Å². The van der Waals surface area contributed by atoms with E-state index in [1.165, 1.54) is 6.20 Å². The molecule has 1 unspecified atom stereocenters. The molecule has 1 aliphatic carbocycles. The van der Waals surface area contributed by atoms with Crippen LogP contribution in [-0.4, -0.2) is 52.7 Å². The van der Waals surface area contributed by atoms with Gasteiger partial charge in [0, 0.05) is 43.3 Å². The average molecular weight is 474 g/mol. The van der Waals surface area contributed by atoms with E-state index in [4.69, 9.17) is 0 Å². The number of nitriles is 1. The van der Waals surface area contributed by atoms with E-state index >= 15 is 0 Å². The maximum absolute atomic E-state index is 12.3. The number of hydrogen-bond acceptors (Lipinski definition) is 8. The predicted octanol–water partition coefficient (Wildman–Crippen LogP) is 3.46. The van der Waals surface area contributed by atoms with E-state index in [2.05, 4.69) is 42.3 Å². The van der Waals surface area contributed by atoms with E-state index < -0.39 is 0 Å². The van der Waals surface area contributed by atoms with Gasteiger partial charge in [0.25, 0.3) is 0 Å². The van der Waals surface area contributed by atoms with Crippen LogP contribution in [0, 0.1) is 11.3 Å². The number of likely N-dealkylation sites (N-methyl/N-ethyl adjacent to an activating group) is 1. The Labute approximate surface area is 204 Å². The first-order valence-corrected chi connectivity index (χ1v) is 12.3. The standard InChI is InChI=1S/C25H31N9O/c1-3-24(35)31-20-11-18(8-9-21(20)33-10-4-5-19(15-33)27-2)29-22-12-23(30-17-6-7-17)34-25(32-22)16(13-26)14-28-34/h8-9,11-12,14,17,19,27,30H,3-7,10,15H2,1-2H3,(H,29,32)(H,31,35). The molecule has 0 radical (unpaired) electrons. The van der Waals surface area contributed by atoms with Crippen LogP contribution in [0.1, 0.15) is 44.6 Å². The lowest BCUT2D eigenvalue weighted by Crippen LogP contribution is -2.44. The van der Waals surface area contributed by atoms with E-state index in [1.807, 2.05) is 38.2 Å². The summed E-state index contributed by atoms with van der Waals surface area (Å²) in [4.78, 5) is 19.3. The number of hydrogen-bond donors (Lipinski definition) is 4. The summed E-state index contributed by atoms with van der Waals surface area (Å²) in [6.45, 7) is 3.69. The van der Waals surface area contributed by atoms with Crippen molar-refractivity contribution < 1.29 is 4.79 Å². The number of nitrogens with one attached hydrogen (secondary N) is 4. The summed E-state index contributed by atoms with van der Waals surface area (Å²) in [5.74, 6) is 1.37. The van der Waals surface area contributed by atoms with Crippen LogP contribution < -0.4 is 26.2 Å². The molecule has 5 rings (SSSR count). The first-order chi connectivity index (χ1) is 17.1. The lowest BCUT2D eigenvalue weighted by molar-refractivity contribution is -0.115. The first kappa shape index (κ1) is 22.9. The largest absolute Gasteiger partial charge is 0.368 e. The fraction of sp³-hybridized carbons (Fsp3) is 0.440. The van der Waals surface area contributed by atoms with Gasteiger partial charge < -0.3 is 26.2 Å². The molecule has 1 saturated carbocycles. The second-order valence-electron chi connectivity index (χ2n) is 9.18. The van der Waals surface area contributed by atoms with Crippen molar-refractivity contribution in [3.63, 3.8) is 0 Å².